The van der Waals surface area contributed by atoms with E-state index in [0.29, 0.717) is 0 Å². The Morgan fingerprint density at radius 2 is 1.76 bits per heavy atom. The maximum atomic E-state index is 6.11. The highest BCUT2D eigenvalue weighted by atomic mass is 14.9. The summed E-state index contributed by atoms with van der Waals surface area (Å²) < 4.78 is 0. The quantitative estimate of drug-likeness (QED) is 0.792. The molecule has 0 saturated heterocycles. The lowest BCUT2D eigenvalue weighted by molar-refractivity contribution is 0.553. The van der Waals surface area contributed by atoms with Crippen molar-refractivity contribution < 1.29 is 0 Å². The monoisotopic (exact) mass is 231 g/mol. The molecule has 0 aliphatic carbocycles. The van der Waals surface area contributed by atoms with E-state index in [2.05, 4.69) is 42.9 Å². The molecule has 3 N–H and O–H groups in total. The van der Waals surface area contributed by atoms with Crippen LogP contribution in [0, 0.1) is 0 Å². The average Bonchev–Trinajstić information content (AvgIpc) is 2.57. The number of aromatic nitrogens is 2. The molecule has 0 unspecified atom stereocenters. The van der Waals surface area contributed by atoms with Crippen LogP contribution in [0.15, 0.2) is 18.2 Å². The van der Waals surface area contributed by atoms with Gasteiger partial charge >= 0.3 is 0 Å². The summed E-state index contributed by atoms with van der Waals surface area (Å²) in [4.78, 5) is 7.99. The Kier molecular flexibility index (Phi) is 2.54. The van der Waals surface area contributed by atoms with E-state index >= 15 is 0 Å². The Morgan fingerprint density at radius 3 is 2.29 bits per heavy atom. The molecule has 1 heterocycles. The van der Waals surface area contributed by atoms with Crippen molar-refractivity contribution in [2.45, 2.75) is 45.6 Å². The van der Waals surface area contributed by atoms with Crippen molar-refractivity contribution in [3.05, 3.63) is 29.6 Å². The highest BCUT2D eigenvalue weighted by Gasteiger charge is 2.19. The Labute approximate surface area is 102 Å². The number of rotatable bonds is 1. The van der Waals surface area contributed by atoms with Gasteiger partial charge < -0.3 is 10.7 Å². The smallest absolute Gasteiger partial charge is 0.112 e. The van der Waals surface area contributed by atoms with Gasteiger partial charge in [0, 0.05) is 11.0 Å². The first-order valence-corrected chi connectivity index (χ1v) is 5.97. The summed E-state index contributed by atoms with van der Waals surface area (Å²) in [6, 6.07) is 6.18. The lowest BCUT2D eigenvalue weighted by Gasteiger charge is -2.18. The molecule has 1 aromatic heterocycles. The highest BCUT2D eigenvalue weighted by Crippen LogP contribution is 2.25. The fraction of sp³-hybridized carbons (Fsp3) is 0.500. The van der Waals surface area contributed by atoms with Gasteiger partial charge in [-0.3, -0.25) is 0 Å². The lowest BCUT2D eigenvalue weighted by atomic mass is 9.95. The van der Waals surface area contributed by atoms with Crippen LogP contribution >= 0.6 is 0 Å². The van der Waals surface area contributed by atoms with E-state index < -0.39 is 0 Å². The summed E-state index contributed by atoms with van der Waals surface area (Å²) in [7, 11) is 0. The van der Waals surface area contributed by atoms with Gasteiger partial charge in [0.1, 0.15) is 5.82 Å². The second kappa shape index (κ2) is 3.57. The lowest BCUT2D eigenvalue weighted by Crippen LogP contribution is -2.28. The van der Waals surface area contributed by atoms with Crippen LogP contribution in [0.2, 0.25) is 0 Å². The van der Waals surface area contributed by atoms with Crippen molar-refractivity contribution in [2.75, 3.05) is 0 Å². The molecule has 17 heavy (non-hydrogen) atoms. The summed E-state index contributed by atoms with van der Waals surface area (Å²) in [5.74, 6) is 1.01. The SMILES string of the molecule is CC(C)(C)c1nc2ccc(C(C)(C)N)cc2[nH]1. The van der Waals surface area contributed by atoms with E-state index in [-0.39, 0.29) is 11.0 Å². The predicted molar refractivity (Wildman–Crippen MR) is 72.0 cm³/mol. The van der Waals surface area contributed by atoms with Gasteiger partial charge in [-0.25, -0.2) is 4.98 Å². The minimum Gasteiger partial charge on any atom is -0.342 e. The van der Waals surface area contributed by atoms with E-state index in [1.165, 1.54) is 0 Å². The van der Waals surface area contributed by atoms with Gasteiger partial charge in [0.05, 0.1) is 11.0 Å². The number of nitrogens with two attached hydrogens (primary N) is 1. The third-order valence-electron chi connectivity index (χ3n) is 2.94. The van der Waals surface area contributed by atoms with Gasteiger partial charge in [-0.05, 0) is 31.5 Å². The molecule has 92 valence electrons. The number of hydrogen-bond acceptors (Lipinski definition) is 2. The zero-order chi connectivity index (χ0) is 12.8. The summed E-state index contributed by atoms with van der Waals surface area (Å²) in [5.41, 5.74) is 9.01. The van der Waals surface area contributed by atoms with E-state index in [1.807, 2.05) is 19.9 Å². The molecule has 0 amide bonds. The molecule has 0 aliphatic rings. The molecule has 0 fully saturated rings. The van der Waals surface area contributed by atoms with Gasteiger partial charge in [0.15, 0.2) is 0 Å². The van der Waals surface area contributed by atoms with Crippen LogP contribution in [0.5, 0.6) is 0 Å². The molecule has 0 aliphatic heterocycles. The average molecular weight is 231 g/mol. The molecule has 0 spiro atoms. The third-order valence-corrected chi connectivity index (χ3v) is 2.94. The van der Waals surface area contributed by atoms with Crippen LogP contribution in [-0.2, 0) is 11.0 Å². The maximum absolute atomic E-state index is 6.11. The molecule has 0 atom stereocenters. The number of aromatic amines is 1. The molecule has 0 bridgehead atoms. The third kappa shape index (κ3) is 2.34. The van der Waals surface area contributed by atoms with Crippen LogP contribution in [0.3, 0.4) is 0 Å². The Morgan fingerprint density at radius 1 is 1.12 bits per heavy atom. The van der Waals surface area contributed by atoms with Gasteiger partial charge in [0.25, 0.3) is 0 Å². The van der Waals surface area contributed by atoms with Crippen molar-refractivity contribution in [3.8, 4) is 0 Å². The van der Waals surface area contributed by atoms with Crippen LogP contribution < -0.4 is 5.73 Å². The van der Waals surface area contributed by atoms with Gasteiger partial charge in [0.2, 0.25) is 0 Å². The van der Waals surface area contributed by atoms with Gasteiger partial charge in [-0.1, -0.05) is 26.8 Å². The standard InChI is InChI=1S/C14H21N3/c1-13(2,3)12-16-10-7-6-9(14(4,5)15)8-11(10)17-12/h6-8H,15H2,1-5H3,(H,16,17). The van der Waals surface area contributed by atoms with Gasteiger partial charge in [-0.2, -0.15) is 0 Å². The van der Waals surface area contributed by atoms with Crippen LogP contribution in [0.25, 0.3) is 11.0 Å². The van der Waals surface area contributed by atoms with Crippen LogP contribution in [0.4, 0.5) is 0 Å². The molecule has 2 rings (SSSR count). The summed E-state index contributed by atoms with van der Waals surface area (Å²) in [6.07, 6.45) is 0. The number of H-pyrrole nitrogens is 1. The van der Waals surface area contributed by atoms with Crippen molar-refractivity contribution >= 4 is 11.0 Å². The predicted octanol–water partition coefficient (Wildman–Crippen LogP) is 3.05. The van der Waals surface area contributed by atoms with Crippen molar-refractivity contribution in [2.24, 2.45) is 5.73 Å². The summed E-state index contributed by atoms with van der Waals surface area (Å²) >= 11 is 0. The number of hydrogen-bond donors (Lipinski definition) is 2. The minimum atomic E-state index is -0.318. The number of benzene rings is 1. The van der Waals surface area contributed by atoms with Crippen LogP contribution in [0.1, 0.15) is 46.0 Å². The number of nitrogens with one attached hydrogen (secondary N) is 1. The first kappa shape index (κ1) is 12.1. The molecule has 0 saturated carbocycles. The first-order chi connectivity index (χ1) is 7.68. The highest BCUT2D eigenvalue weighted by molar-refractivity contribution is 5.76. The van der Waals surface area contributed by atoms with Crippen molar-refractivity contribution in [3.63, 3.8) is 0 Å². The zero-order valence-electron chi connectivity index (χ0n) is 11.3. The Bertz CT molecular complexity index is 527. The summed E-state index contributed by atoms with van der Waals surface area (Å²) in [6.45, 7) is 10.5. The van der Waals surface area contributed by atoms with E-state index in [1.54, 1.807) is 0 Å². The first-order valence-electron chi connectivity index (χ1n) is 5.97. The molecule has 1 aromatic carbocycles. The molecular weight excluding hydrogens is 210 g/mol. The Balaban J connectivity index is 2.56. The second-order valence-electron chi connectivity index (χ2n) is 6.29. The normalized spacial score (nSPS) is 13.3. The minimum absolute atomic E-state index is 0.0391. The molecular formula is C14H21N3. The maximum Gasteiger partial charge on any atom is 0.112 e. The summed E-state index contributed by atoms with van der Waals surface area (Å²) in [5, 5.41) is 0. The second-order valence-corrected chi connectivity index (χ2v) is 6.29. The number of imidazole rings is 1. The fourth-order valence-electron chi connectivity index (χ4n) is 1.77. The largest absolute Gasteiger partial charge is 0.342 e. The molecule has 3 nitrogen and oxygen atoms in total. The fourth-order valence-corrected chi connectivity index (χ4v) is 1.77. The van der Waals surface area contributed by atoms with E-state index in [9.17, 15) is 0 Å². The van der Waals surface area contributed by atoms with Gasteiger partial charge in [-0.15, -0.1) is 0 Å². The number of nitrogens with zero attached hydrogens (tertiary/aromatic N) is 1. The topological polar surface area (TPSA) is 54.7 Å². The van der Waals surface area contributed by atoms with E-state index in [4.69, 9.17) is 5.73 Å². The molecule has 2 aromatic rings. The molecule has 3 heteroatoms. The van der Waals surface area contributed by atoms with Crippen LogP contribution in [-0.4, -0.2) is 9.97 Å². The van der Waals surface area contributed by atoms with Crippen molar-refractivity contribution in [1.29, 1.82) is 0 Å². The molecule has 0 radical (unpaired) electrons. The Hall–Kier alpha value is -1.35. The number of fused-ring (bicyclic) bond motifs is 1. The van der Waals surface area contributed by atoms with E-state index in [0.717, 1.165) is 22.4 Å². The zero-order valence-corrected chi connectivity index (χ0v) is 11.3. The van der Waals surface area contributed by atoms with Crippen molar-refractivity contribution in [1.82, 2.24) is 9.97 Å².